The van der Waals surface area contributed by atoms with Crippen LogP contribution in [0.3, 0.4) is 0 Å². The molecule has 18 heavy (non-hydrogen) atoms. The lowest BCUT2D eigenvalue weighted by Gasteiger charge is -2.16. The Balaban J connectivity index is 2.17. The van der Waals surface area contributed by atoms with Gasteiger partial charge in [0, 0.05) is 18.1 Å². The molecule has 1 fully saturated rings. The van der Waals surface area contributed by atoms with Gasteiger partial charge in [0.2, 0.25) is 0 Å². The SMILES string of the molecule is O=C(O)C1CCN(C(=O)c2cc(Cl)ccc2F)C1. The van der Waals surface area contributed by atoms with Gasteiger partial charge >= 0.3 is 5.97 Å². The van der Waals surface area contributed by atoms with Crippen LogP contribution in [0.4, 0.5) is 4.39 Å². The maximum atomic E-state index is 13.5. The highest BCUT2D eigenvalue weighted by molar-refractivity contribution is 6.31. The van der Waals surface area contributed by atoms with E-state index in [0.717, 1.165) is 6.07 Å². The second-order valence-electron chi connectivity index (χ2n) is 4.20. The van der Waals surface area contributed by atoms with Crippen LogP contribution < -0.4 is 0 Å². The van der Waals surface area contributed by atoms with E-state index in [9.17, 15) is 14.0 Å². The molecule has 0 spiro atoms. The number of carbonyl (C=O) groups excluding carboxylic acids is 1. The van der Waals surface area contributed by atoms with Crippen LogP contribution in [0.5, 0.6) is 0 Å². The van der Waals surface area contributed by atoms with E-state index in [2.05, 4.69) is 0 Å². The van der Waals surface area contributed by atoms with Gasteiger partial charge in [0.1, 0.15) is 5.82 Å². The van der Waals surface area contributed by atoms with Gasteiger partial charge in [0.15, 0.2) is 0 Å². The third-order valence-corrected chi connectivity index (χ3v) is 3.22. The van der Waals surface area contributed by atoms with Crippen LogP contribution in [0.1, 0.15) is 16.8 Å². The van der Waals surface area contributed by atoms with Crippen molar-refractivity contribution in [1.29, 1.82) is 0 Å². The Morgan fingerprint density at radius 1 is 1.44 bits per heavy atom. The van der Waals surface area contributed by atoms with Gasteiger partial charge in [-0.25, -0.2) is 4.39 Å². The highest BCUT2D eigenvalue weighted by Gasteiger charge is 2.32. The van der Waals surface area contributed by atoms with Gasteiger partial charge in [-0.1, -0.05) is 11.6 Å². The zero-order valence-corrected chi connectivity index (χ0v) is 10.2. The molecule has 4 nitrogen and oxygen atoms in total. The summed E-state index contributed by atoms with van der Waals surface area (Å²) in [7, 11) is 0. The Morgan fingerprint density at radius 2 is 2.17 bits per heavy atom. The molecule has 6 heteroatoms. The number of likely N-dealkylation sites (tertiary alicyclic amines) is 1. The lowest BCUT2D eigenvalue weighted by atomic mass is 10.1. The van der Waals surface area contributed by atoms with Crippen LogP contribution in [0.25, 0.3) is 0 Å². The minimum Gasteiger partial charge on any atom is -0.481 e. The molecule has 1 aromatic rings. The van der Waals surface area contributed by atoms with E-state index < -0.39 is 23.6 Å². The Kier molecular flexibility index (Phi) is 3.52. The summed E-state index contributed by atoms with van der Waals surface area (Å²) in [6.07, 6.45) is 0.392. The number of rotatable bonds is 2. The lowest BCUT2D eigenvalue weighted by Crippen LogP contribution is -2.30. The monoisotopic (exact) mass is 271 g/mol. The van der Waals surface area contributed by atoms with E-state index >= 15 is 0 Å². The summed E-state index contributed by atoms with van der Waals surface area (Å²) in [5.41, 5.74) is -0.117. The average molecular weight is 272 g/mol. The first kappa shape index (κ1) is 12.8. The number of hydrogen-bond donors (Lipinski definition) is 1. The van der Waals surface area contributed by atoms with E-state index in [1.54, 1.807) is 0 Å². The highest BCUT2D eigenvalue weighted by atomic mass is 35.5. The van der Waals surface area contributed by atoms with Crippen molar-refractivity contribution >= 4 is 23.5 Å². The van der Waals surface area contributed by atoms with Crippen molar-refractivity contribution in [3.63, 3.8) is 0 Å². The Labute approximate surface area is 108 Å². The number of carboxylic acids is 1. The first-order chi connectivity index (χ1) is 8.49. The summed E-state index contributed by atoms with van der Waals surface area (Å²) in [6.45, 7) is 0.432. The fourth-order valence-electron chi connectivity index (χ4n) is 1.98. The van der Waals surface area contributed by atoms with E-state index in [0.29, 0.717) is 13.0 Å². The number of carboxylic acid groups (broad SMARTS) is 1. The van der Waals surface area contributed by atoms with E-state index in [1.807, 2.05) is 0 Å². The quantitative estimate of drug-likeness (QED) is 0.895. The van der Waals surface area contributed by atoms with Crippen LogP contribution >= 0.6 is 11.6 Å². The minimum absolute atomic E-state index is 0.111. The molecule has 0 saturated carbocycles. The molecule has 1 heterocycles. The van der Waals surface area contributed by atoms with Crippen molar-refractivity contribution in [1.82, 2.24) is 4.90 Å². The summed E-state index contributed by atoms with van der Waals surface area (Å²) in [5.74, 6) is -2.67. The van der Waals surface area contributed by atoms with Gasteiger partial charge in [0.25, 0.3) is 5.91 Å². The molecule has 1 aliphatic rings. The Bertz CT molecular complexity index is 506. The number of carbonyl (C=O) groups is 2. The fourth-order valence-corrected chi connectivity index (χ4v) is 2.15. The summed E-state index contributed by atoms with van der Waals surface area (Å²) < 4.78 is 13.5. The zero-order valence-electron chi connectivity index (χ0n) is 9.40. The molecule has 1 atom stereocenters. The van der Waals surface area contributed by atoms with Crippen LogP contribution in [-0.4, -0.2) is 35.0 Å². The van der Waals surface area contributed by atoms with Crippen molar-refractivity contribution in [2.75, 3.05) is 13.1 Å². The first-order valence-corrected chi connectivity index (χ1v) is 5.84. The van der Waals surface area contributed by atoms with Crippen molar-refractivity contribution < 1.29 is 19.1 Å². The second-order valence-corrected chi connectivity index (χ2v) is 4.64. The predicted octanol–water partition coefficient (Wildman–Crippen LogP) is 2.03. The number of halogens is 2. The molecule has 1 aliphatic heterocycles. The molecule has 0 aromatic heterocycles. The van der Waals surface area contributed by atoms with Crippen LogP contribution in [0, 0.1) is 11.7 Å². The molecule has 2 rings (SSSR count). The maximum Gasteiger partial charge on any atom is 0.308 e. The fraction of sp³-hybridized carbons (Fsp3) is 0.333. The predicted molar refractivity (Wildman–Crippen MR) is 63.1 cm³/mol. The van der Waals surface area contributed by atoms with E-state index in [-0.39, 0.29) is 17.1 Å². The standard InChI is InChI=1S/C12H11ClFNO3/c13-8-1-2-10(14)9(5-8)11(16)15-4-3-7(6-15)12(17)18/h1-2,5,7H,3-4,6H2,(H,17,18). The molecule has 0 bridgehead atoms. The molecule has 1 unspecified atom stereocenters. The zero-order chi connectivity index (χ0) is 13.3. The molecule has 1 N–H and O–H groups in total. The molecular formula is C12H11ClFNO3. The number of benzene rings is 1. The highest BCUT2D eigenvalue weighted by Crippen LogP contribution is 2.22. The number of aliphatic carboxylic acids is 1. The minimum atomic E-state index is -0.933. The van der Waals surface area contributed by atoms with Gasteiger partial charge in [-0.3, -0.25) is 9.59 Å². The summed E-state index contributed by atoms with van der Waals surface area (Å²) in [6, 6.07) is 3.74. The average Bonchev–Trinajstić information content (AvgIpc) is 2.81. The van der Waals surface area contributed by atoms with E-state index in [4.69, 9.17) is 16.7 Å². The third kappa shape index (κ3) is 2.46. The number of amides is 1. The lowest BCUT2D eigenvalue weighted by molar-refractivity contribution is -0.141. The third-order valence-electron chi connectivity index (χ3n) is 2.98. The second kappa shape index (κ2) is 4.94. The van der Waals surface area contributed by atoms with Crippen LogP contribution in [0.2, 0.25) is 5.02 Å². The molecule has 1 aromatic carbocycles. The Morgan fingerprint density at radius 3 is 2.78 bits per heavy atom. The van der Waals surface area contributed by atoms with Gasteiger partial charge in [-0.05, 0) is 24.6 Å². The molecule has 0 aliphatic carbocycles. The molecule has 1 saturated heterocycles. The largest absolute Gasteiger partial charge is 0.481 e. The summed E-state index contributed by atoms with van der Waals surface area (Å²) in [4.78, 5) is 24.2. The van der Waals surface area contributed by atoms with Crippen molar-refractivity contribution in [3.05, 3.63) is 34.6 Å². The van der Waals surface area contributed by atoms with Gasteiger partial charge < -0.3 is 10.0 Å². The summed E-state index contributed by atoms with van der Waals surface area (Å²) >= 11 is 5.72. The van der Waals surface area contributed by atoms with Crippen molar-refractivity contribution in [3.8, 4) is 0 Å². The smallest absolute Gasteiger partial charge is 0.308 e. The van der Waals surface area contributed by atoms with Crippen molar-refractivity contribution in [2.24, 2.45) is 5.92 Å². The van der Waals surface area contributed by atoms with Gasteiger partial charge in [-0.15, -0.1) is 0 Å². The normalized spacial score (nSPS) is 19.0. The summed E-state index contributed by atoms with van der Waals surface area (Å²) in [5, 5.41) is 9.12. The first-order valence-electron chi connectivity index (χ1n) is 5.46. The van der Waals surface area contributed by atoms with E-state index in [1.165, 1.54) is 17.0 Å². The molecule has 1 amide bonds. The molecule has 0 radical (unpaired) electrons. The van der Waals surface area contributed by atoms with Gasteiger partial charge in [0.05, 0.1) is 11.5 Å². The number of nitrogens with zero attached hydrogens (tertiary/aromatic N) is 1. The van der Waals surface area contributed by atoms with Gasteiger partial charge in [-0.2, -0.15) is 0 Å². The molecular weight excluding hydrogens is 261 g/mol. The Hall–Kier alpha value is -1.62. The maximum absolute atomic E-state index is 13.5. The number of hydrogen-bond acceptors (Lipinski definition) is 2. The van der Waals surface area contributed by atoms with Crippen LogP contribution in [-0.2, 0) is 4.79 Å². The van der Waals surface area contributed by atoms with Crippen LogP contribution in [0.15, 0.2) is 18.2 Å². The topological polar surface area (TPSA) is 57.6 Å². The molecule has 96 valence electrons. The van der Waals surface area contributed by atoms with Crippen molar-refractivity contribution in [2.45, 2.75) is 6.42 Å².